The summed E-state index contributed by atoms with van der Waals surface area (Å²) >= 11 is 0. The van der Waals surface area contributed by atoms with E-state index in [4.69, 9.17) is 4.74 Å². The summed E-state index contributed by atoms with van der Waals surface area (Å²) in [6, 6.07) is 14.3. The second-order valence-electron chi connectivity index (χ2n) is 9.72. The van der Waals surface area contributed by atoms with Crippen molar-refractivity contribution in [1.82, 2.24) is 20.1 Å². The molecule has 3 heterocycles. The van der Waals surface area contributed by atoms with Crippen molar-refractivity contribution >= 4 is 17.7 Å². The summed E-state index contributed by atoms with van der Waals surface area (Å²) in [4.78, 5) is 36.4. The molecule has 1 N–H and O–H groups in total. The predicted molar refractivity (Wildman–Crippen MR) is 141 cm³/mol. The maximum Gasteiger partial charge on any atom is 0.339 e. The number of hydrogen-bond donors (Lipinski definition) is 1. The van der Waals surface area contributed by atoms with E-state index in [1.807, 2.05) is 13.0 Å². The first kappa shape index (κ1) is 26.1. The highest BCUT2D eigenvalue weighted by Gasteiger charge is 2.27. The number of benzene rings is 1. The van der Waals surface area contributed by atoms with Crippen molar-refractivity contribution in [1.29, 1.82) is 0 Å². The molecule has 1 unspecified atom stereocenters. The highest BCUT2D eigenvalue weighted by atomic mass is 16.5. The zero-order chi connectivity index (χ0) is 25.3. The molecule has 1 aromatic heterocycles. The lowest BCUT2D eigenvalue weighted by atomic mass is 10.0. The van der Waals surface area contributed by atoms with Crippen molar-refractivity contribution in [3.8, 4) is 0 Å². The summed E-state index contributed by atoms with van der Waals surface area (Å²) in [5.41, 5.74) is 1.81. The number of amides is 1. The third-order valence-corrected chi connectivity index (χ3v) is 7.22. The van der Waals surface area contributed by atoms with E-state index < -0.39 is 0 Å². The Morgan fingerprint density at radius 1 is 1.03 bits per heavy atom. The van der Waals surface area contributed by atoms with E-state index in [0.717, 1.165) is 70.9 Å². The number of carbonyl (C=O) groups excluding carboxylic acids is 2. The number of carbonyl (C=O) groups is 2. The number of esters is 1. The third kappa shape index (κ3) is 7.04. The second kappa shape index (κ2) is 12.8. The molecule has 1 amide bonds. The zero-order valence-electron chi connectivity index (χ0n) is 21.6. The first-order chi connectivity index (χ1) is 17.5. The SMILES string of the molecule is CCOC(=O)c1ccc(N2CCCN(C(C)C(=O)NC3CCN(Cc4ccccc4)CC3)CC2)nc1. The fraction of sp³-hybridized carbons (Fsp3) is 0.536. The average Bonchev–Trinajstić information content (AvgIpc) is 3.17. The van der Waals surface area contributed by atoms with Gasteiger partial charge in [-0.25, -0.2) is 9.78 Å². The van der Waals surface area contributed by atoms with Gasteiger partial charge in [-0.15, -0.1) is 0 Å². The predicted octanol–water partition coefficient (Wildman–Crippen LogP) is 2.94. The minimum absolute atomic E-state index is 0.127. The molecule has 2 aromatic rings. The van der Waals surface area contributed by atoms with Gasteiger partial charge in [0.1, 0.15) is 5.82 Å². The standard InChI is InChI=1S/C28H39N5O3/c1-3-36-28(35)24-10-11-26(29-20-24)33-15-7-14-32(18-19-33)22(2)27(34)30-25-12-16-31(17-13-25)21-23-8-5-4-6-9-23/h4-6,8-11,20,22,25H,3,7,12-19,21H2,1-2H3,(H,30,34). The zero-order valence-corrected chi connectivity index (χ0v) is 21.6. The molecule has 0 bridgehead atoms. The number of aromatic nitrogens is 1. The number of ether oxygens (including phenoxy) is 1. The van der Waals surface area contributed by atoms with Gasteiger partial charge >= 0.3 is 5.97 Å². The van der Waals surface area contributed by atoms with Crippen LogP contribution >= 0.6 is 0 Å². The van der Waals surface area contributed by atoms with Crippen molar-refractivity contribution in [2.45, 2.75) is 51.7 Å². The molecule has 0 aliphatic carbocycles. The lowest BCUT2D eigenvalue weighted by Crippen LogP contribution is -2.51. The smallest absolute Gasteiger partial charge is 0.339 e. The Bertz CT molecular complexity index is 976. The topological polar surface area (TPSA) is 78.0 Å². The minimum atomic E-state index is -0.347. The number of piperidine rings is 1. The molecule has 2 aliphatic heterocycles. The fourth-order valence-electron chi connectivity index (χ4n) is 5.03. The van der Waals surface area contributed by atoms with Gasteiger partial charge in [-0.2, -0.15) is 0 Å². The molecule has 2 fully saturated rings. The molecule has 2 aliphatic rings. The van der Waals surface area contributed by atoms with Gasteiger partial charge in [0, 0.05) is 58.1 Å². The highest BCUT2D eigenvalue weighted by Crippen LogP contribution is 2.17. The third-order valence-electron chi connectivity index (χ3n) is 7.22. The quantitative estimate of drug-likeness (QED) is 0.567. The van der Waals surface area contributed by atoms with E-state index >= 15 is 0 Å². The van der Waals surface area contributed by atoms with Crippen molar-refractivity contribution < 1.29 is 14.3 Å². The molecule has 2 saturated heterocycles. The van der Waals surface area contributed by atoms with Crippen LogP contribution in [0.3, 0.4) is 0 Å². The van der Waals surface area contributed by atoms with Crippen molar-refractivity contribution in [3.05, 3.63) is 59.8 Å². The van der Waals surface area contributed by atoms with Gasteiger partial charge in [-0.05, 0) is 50.8 Å². The van der Waals surface area contributed by atoms with Gasteiger partial charge in [0.05, 0.1) is 18.2 Å². The maximum absolute atomic E-state index is 13.1. The molecule has 36 heavy (non-hydrogen) atoms. The highest BCUT2D eigenvalue weighted by molar-refractivity contribution is 5.89. The number of rotatable bonds is 8. The van der Waals surface area contributed by atoms with Crippen LogP contribution in [0.15, 0.2) is 48.7 Å². The van der Waals surface area contributed by atoms with Gasteiger partial charge in [-0.3, -0.25) is 14.6 Å². The van der Waals surface area contributed by atoms with Crippen LogP contribution in [-0.4, -0.2) is 84.6 Å². The summed E-state index contributed by atoms with van der Waals surface area (Å²) in [7, 11) is 0. The normalized spacial score (nSPS) is 18.9. The van der Waals surface area contributed by atoms with E-state index in [9.17, 15) is 9.59 Å². The van der Waals surface area contributed by atoms with Gasteiger partial charge in [0.2, 0.25) is 5.91 Å². The first-order valence-electron chi connectivity index (χ1n) is 13.2. The monoisotopic (exact) mass is 493 g/mol. The number of pyridine rings is 1. The lowest BCUT2D eigenvalue weighted by molar-refractivity contribution is -0.126. The summed E-state index contributed by atoms with van der Waals surface area (Å²) in [5, 5.41) is 3.31. The number of likely N-dealkylation sites (tertiary alicyclic amines) is 1. The summed E-state index contributed by atoms with van der Waals surface area (Å²) in [6.07, 6.45) is 4.52. The lowest BCUT2D eigenvalue weighted by Gasteiger charge is -2.34. The minimum Gasteiger partial charge on any atom is -0.462 e. The molecule has 194 valence electrons. The molecule has 0 saturated carbocycles. The molecule has 0 radical (unpaired) electrons. The van der Waals surface area contributed by atoms with Crippen LogP contribution in [0.4, 0.5) is 5.82 Å². The maximum atomic E-state index is 13.1. The Balaban J connectivity index is 1.22. The van der Waals surface area contributed by atoms with E-state index in [1.165, 1.54) is 5.56 Å². The Labute approximate surface area is 214 Å². The van der Waals surface area contributed by atoms with Gasteiger partial charge < -0.3 is 15.0 Å². The molecule has 1 atom stereocenters. The van der Waals surface area contributed by atoms with Crippen LogP contribution in [0.5, 0.6) is 0 Å². The van der Waals surface area contributed by atoms with Crippen LogP contribution in [0.1, 0.15) is 49.0 Å². The largest absolute Gasteiger partial charge is 0.462 e. The number of anilines is 1. The Morgan fingerprint density at radius 2 is 1.81 bits per heavy atom. The van der Waals surface area contributed by atoms with Crippen LogP contribution in [0, 0.1) is 0 Å². The molecule has 1 aromatic carbocycles. The van der Waals surface area contributed by atoms with Crippen LogP contribution < -0.4 is 10.2 Å². The molecular weight excluding hydrogens is 454 g/mol. The van der Waals surface area contributed by atoms with Crippen molar-refractivity contribution in [2.24, 2.45) is 0 Å². The Hall–Kier alpha value is -2.97. The van der Waals surface area contributed by atoms with E-state index in [-0.39, 0.29) is 24.0 Å². The second-order valence-corrected chi connectivity index (χ2v) is 9.72. The molecule has 8 heteroatoms. The summed E-state index contributed by atoms with van der Waals surface area (Å²) < 4.78 is 5.04. The molecule has 0 spiro atoms. The van der Waals surface area contributed by atoms with Gasteiger partial charge in [0.25, 0.3) is 0 Å². The van der Waals surface area contributed by atoms with Crippen LogP contribution in [0.25, 0.3) is 0 Å². The van der Waals surface area contributed by atoms with Crippen LogP contribution in [0.2, 0.25) is 0 Å². The Kier molecular flexibility index (Phi) is 9.30. The average molecular weight is 494 g/mol. The van der Waals surface area contributed by atoms with Crippen molar-refractivity contribution in [2.75, 3.05) is 50.8 Å². The first-order valence-corrected chi connectivity index (χ1v) is 13.2. The van der Waals surface area contributed by atoms with Crippen LogP contribution in [-0.2, 0) is 16.1 Å². The number of nitrogens with one attached hydrogen (secondary N) is 1. The van der Waals surface area contributed by atoms with Gasteiger partial charge in [-0.1, -0.05) is 30.3 Å². The van der Waals surface area contributed by atoms with Crippen molar-refractivity contribution in [3.63, 3.8) is 0 Å². The number of hydrogen-bond acceptors (Lipinski definition) is 7. The van der Waals surface area contributed by atoms with Gasteiger partial charge in [0.15, 0.2) is 0 Å². The van der Waals surface area contributed by atoms with E-state index in [0.29, 0.717) is 12.2 Å². The molecular formula is C28H39N5O3. The van der Waals surface area contributed by atoms with E-state index in [1.54, 1.807) is 19.2 Å². The summed E-state index contributed by atoms with van der Waals surface area (Å²) in [5.74, 6) is 0.631. The Morgan fingerprint density at radius 3 is 2.50 bits per heavy atom. The molecule has 4 rings (SSSR count). The number of nitrogens with zero attached hydrogens (tertiary/aromatic N) is 4. The molecule has 8 nitrogen and oxygen atoms in total. The fourth-order valence-corrected chi connectivity index (χ4v) is 5.03. The van der Waals surface area contributed by atoms with E-state index in [2.05, 4.69) is 55.3 Å². The summed E-state index contributed by atoms with van der Waals surface area (Å²) in [6.45, 7) is 10.5.